The van der Waals surface area contributed by atoms with E-state index in [9.17, 15) is 18.0 Å². The number of methoxy groups -OCH3 is 2. The first-order valence-corrected chi connectivity index (χ1v) is 7.71. The summed E-state index contributed by atoms with van der Waals surface area (Å²) < 4.78 is 53.6. The van der Waals surface area contributed by atoms with E-state index in [2.05, 4.69) is 9.97 Å². The van der Waals surface area contributed by atoms with Crippen molar-refractivity contribution in [1.29, 1.82) is 0 Å². The van der Waals surface area contributed by atoms with Gasteiger partial charge in [-0.15, -0.1) is 0 Å². The topological polar surface area (TPSA) is 70.5 Å². The number of benzene rings is 1. The smallest absolute Gasteiger partial charge is 0.451 e. The van der Waals surface area contributed by atoms with Crippen LogP contribution in [-0.4, -0.2) is 30.2 Å². The summed E-state index contributed by atoms with van der Waals surface area (Å²) in [5, 5.41) is 0. The number of esters is 1. The zero-order valence-electron chi connectivity index (χ0n) is 14.8. The second-order valence-corrected chi connectivity index (χ2v) is 5.37. The van der Waals surface area contributed by atoms with Crippen LogP contribution in [0.2, 0.25) is 0 Å². The molecule has 1 aromatic carbocycles. The van der Waals surface area contributed by atoms with Crippen molar-refractivity contribution in [2.75, 3.05) is 14.2 Å². The molecule has 2 rings (SSSR count). The fourth-order valence-electron chi connectivity index (χ4n) is 2.25. The van der Waals surface area contributed by atoms with Gasteiger partial charge in [0.1, 0.15) is 12.2 Å². The van der Waals surface area contributed by atoms with E-state index < -0.39 is 18.0 Å². The minimum Gasteiger partial charge on any atom is -0.503 e. The van der Waals surface area contributed by atoms with Gasteiger partial charge in [-0.25, -0.2) is 9.78 Å². The zero-order valence-corrected chi connectivity index (χ0v) is 14.8. The summed E-state index contributed by atoms with van der Waals surface area (Å²) in [7, 11) is 2.61. The molecule has 1 aromatic heterocycles. The molecule has 0 amide bonds. The molecule has 0 aliphatic heterocycles. The Bertz CT molecular complexity index is 851. The molecule has 0 unspecified atom stereocenters. The highest BCUT2D eigenvalue weighted by Crippen LogP contribution is 2.28. The second-order valence-electron chi connectivity index (χ2n) is 5.37. The predicted molar refractivity (Wildman–Crippen MR) is 89.5 cm³/mol. The number of nitrogens with zero attached hydrogens (tertiary/aromatic N) is 2. The maximum absolute atomic E-state index is 12.8. The number of hydrogen-bond acceptors (Lipinski definition) is 6. The minimum atomic E-state index is -4.68. The first-order chi connectivity index (χ1) is 12.8. The number of aromatic nitrogens is 2. The molecule has 0 aliphatic rings. The van der Waals surface area contributed by atoms with Crippen LogP contribution in [0.1, 0.15) is 22.6 Å². The molecule has 1 heterocycles. The van der Waals surface area contributed by atoms with Crippen molar-refractivity contribution in [2.24, 2.45) is 0 Å². The fraction of sp³-hybridized carbons (Fsp3) is 0.278. The van der Waals surface area contributed by atoms with Crippen molar-refractivity contribution >= 4 is 11.5 Å². The van der Waals surface area contributed by atoms with Crippen LogP contribution in [0, 0.1) is 6.92 Å². The van der Waals surface area contributed by atoms with Crippen molar-refractivity contribution in [3.05, 3.63) is 59.2 Å². The lowest BCUT2D eigenvalue weighted by Gasteiger charge is -2.13. The van der Waals surface area contributed by atoms with Crippen LogP contribution < -0.4 is 4.74 Å². The Morgan fingerprint density at radius 2 is 1.89 bits per heavy atom. The van der Waals surface area contributed by atoms with Gasteiger partial charge < -0.3 is 14.2 Å². The van der Waals surface area contributed by atoms with E-state index in [1.54, 1.807) is 24.3 Å². The van der Waals surface area contributed by atoms with E-state index in [0.29, 0.717) is 11.1 Å². The largest absolute Gasteiger partial charge is 0.503 e. The second kappa shape index (κ2) is 8.52. The SMILES string of the molecule is CO/C=C(/C(=O)OC)c1ccccc1COc1cc(C)nc(C(F)(F)F)n1. The molecular weight excluding hydrogens is 365 g/mol. The molecule has 27 heavy (non-hydrogen) atoms. The Hall–Kier alpha value is -3.10. The normalized spacial score (nSPS) is 11.9. The lowest BCUT2D eigenvalue weighted by molar-refractivity contribution is -0.145. The maximum Gasteiger partial charge on any atom is 0.451 e. The van der Waals surface area contributed by atoms with Gasteiger partial charge in [-0.3, -0.25) is 0 Å². The van der Waals surface area contributed by atoms with Crippen LogP contribution in [0.3, 0.4) is 0 Å². The van der Waals surface area contributed by atoms with E-state index in [0.717, 1.165) is 0 Å². The lowest BCUT2D eigenvalue weighted by Crippen LogP contribution is -2.13. The van der Waals surface area contributed by atoms with E-state index >= 15 is 0 Å². The predicted octanol–water partition coefficient (Wildman–Crippen LogP) is 3.54. The van der Waals surface area contributed by atoms with Gasteiger partial charge in [0, 0.05) is 11.8 Å². The highest BCUT2D eigenvalue weighted by Gasteiger charge is 2.35. The Labute approximate surface area is 153 Å². The van der Waals surface area contributed by atoms with Crippen molar-refractivity contribution in [2.45, 2.75) is 19.7 Å². The number of hydrogen-bond donors (Lipinski definition) is 0. The summed E-state index contributed by atoms with van der Waals surface area (Å²) in [6.07, 6.45) is -3.46. The molecule has 144 valence electrons. The highest BCUT2D eigenvalue weighted by molar-refractivity contribution is 6.16. The van der Waals surface area contributed by atoms with Crippen LogP contribution in [0.4, 0.5) is 13.2 Å². The monoisotopic (exact) mass is 382 g/mol. The summed E-state index contributed by atoms with van der Waals surface area (Å²) in [6.45, 7) is 1.29. The molecule has 0 saturated carbocycles. The molecule has 0 N–H and O–H groups in total. The molecule has 0 radical (unpaired) electrons. The average molecular weight is 382 g/mol. The van der Waals surface area contributed by atoms with Gasteiger partial charge in [-0.05, 0) is 18.1 Å². The molecule has 0 fully saturated rings. The molecule has 0 atom stereocenters. The number of halogens is 3. The quantitative estimate of drug-likeness (QED) is 0.432. The third-order valence-corrected chi connectivity index (χ3v) is 3.41. The Kier molecular flexibility index (Phi) is 6.38. The summed E-state index contributed by atoms with van der Waals surface area (Å²) in [6, 6.07) is 8.01. The van der Waals surface area contributed by atoms with Crippen molar-refractivity contribution in [1.82, 2.24) is 9.97 Å². The van der Waals surface area contributed by atoms with Crippen molar-refractivity contribution in [3.63, 3.8) is 0 Å². The van der Waals surface area contributed by atoms with Crippen LogP contribution in [0.15, 0.2) is 36.6 Å². The molecule has 0 bridgehead atoms. The third-order valence-electron chi connectivity index (χ3n) is 3.41. The number of alkyl halides is 3. The van der Waals surface area contributed by atoms with Crippen molar-refractivity contribution in [3.8, 4) is 5.88 Å². The first kappa shape index (κ1) is 20.2. The highest BCUT2D eigenvalue weighted by atomic mass is 19.4. The van der Waals surface area contributed by atoms with E-state index in [1.807, 2.05) is 0 Å². The van der Waals surface area contributed by atoms with Gasteiger partial charge in [-0.1, -0.05) is 24.3 Å². The molecule has 9 heteroatoms. The van der Waals surface area contributed by atoms with Crippen LogP contribution in [-0.2, 0) is 27.1 Å². The van der Waals surface area contributed by atoms with Crippen LogP contribution >= 0.6 is 0 Å². The number of ether oxygens (including phenoxy) is 3. The fourth-order valence-corrected chi connectivity index (χ4v) is 2.25. The van der Waals surface area contributed by atoms with Gasteiger partial charge in [0.15, 0.2) is 0 Å². The van der Waals surface area contributed by atoms with Gasteiger partial charge in [-0.2, -0.15) is 18.2 Å². The summed E-state index contributed by atoms with van der Waals surface area (Å²) in [5.74, 6) is -2.12. The summed E-state index contributed by atoms with van der Waals surface area (Å²) in [5.41, 5.74) is 1.27. The van der Waals surface area contributed by atoms with E-state index in [1.165, 1.54) is 33.5 Å². The van der Waals surface area contributed by atoms with Gasteiger partial charge in [0.2, 0.25) is 11.7 Å². The molecule has 0 spiro atoms. The van der Waals surface area contributed by atoms with E-state index in [4.69, 9.17) is 14.2 Å². The number of carbonyl (C=O) groups is 1. The Morgan fingerprint density at radius 3 is 2.52 bits per heavy atom. The number of rotatable bonds is 6. The maximum atomic E-state index is 12.8. The summed E-state index contributed by atoms with van der Waals surface area (Å²) >= 11 is 0. The van der Waals surface area contributed by atoms with Gasteiger partial charge in [0.05, 0.1) is 20.5 Å². The summed E-state index contributed by atoms with van der Waals surface area (Å²) in [4.78, 5) is 18.7. The lowest BCUT2D eigenvalue weighted by atomic mass is 10.0. The van der Waals surface area contributed by atoms with Gasteiger partial charge in [0.25, 0.3) is 0 Å². The standard InChI is InChI=1S/C18H17F3N2O4/c1-11-8-15(23-17(22-11)18(19,20)21)27-9-12-6-4-5-7-13(12)14(10-25-2)16(24)26-3/h4-8,10H,9H2,1-3H3/b14-10+. The Morgan fingerprint density at radius 1 is 1.19 bits per heavy atom. The molecular formula is C18H17F3N2O4. The van der Waals surface area contributed by atoms with Crippen LogP contribution in [0.25, 0.3) is 5.57 Å². The molecule has 0 saturated heterocycles. The minimum absolute atomic E-state index is 0.120. The van der Waals surface area contributed by atoms with E-state index in [-0.39, 0.29) is 23.8 Å². The first-order valence-electron chi connectivity index (χ1n) is 7.71. The third kappa shape index (κ3) is 5.19. The molecule has 2 aromatic rings. The van der Waals surface area contributed by atoms with Crippen LogP contribution in [0.5, 0.6) is 5.88 Å². The number of carbonyl (C=O) groups excluding carboxylic acids is 1. The van der Waals surface area contributed by atoms with Gasteiger partial charge >= 0.3 is 12.1 Å². The molecule has 0 aliphatic carbocycles. The average Bonchev–Trinajstić information content (AvgIpc) is 2.63. The number of aryl methyl sites for hydroxylation is 1. The molecule has 6 nitrogen and oxygen atoms in total. The zero-order chi connectivity index (χ0) is 20.0. The van der Waals surface area contributed by atoms with Crippen molar-refractivity contribution < 1.29 is 32.2 Å². The Balaban J connectivity index is 2.31.